The van der Waals surface area contributed by atoms with Crippen LogP contribution in [0.4, 0.5) is 0 Å². The van der Waals surface area contributed by atoms with Crippen LogP contribution in [0.2, 0.25) is 0 Å². The van der Waals surface area contributed by atoms with E-state index in [-0.39, 0.29) is 5.69 Å². The molecule has 76 valence electrons. The lowest BCUT2D eigenvalue weighted by Crippen LogP contribution is -1.98. The van der Waals surface area contributed by atoms with Crippen LogP contribution in [0.5, 0.6) is 0 Å². The highest BCUT2D eigenvalue weighted by Gasteiger charge is 2.16. The van der Waals surface area contributed by atoms with Crippen LogP contribution in [-0.2, 0) is 0 Å². The minimum absolute atomic E-state index is 0.104. The molecule has 0 bridgehead atoms. The number of carboxylic acid groups (broad SMARTS) is 1. The minimum atomic E-state index is -0.998. The van der Waals surface area contributed by atoms with Crippen molar-refractivity contribution >= 4 is 33.2 Å². The van der Waals surface area contributed by atoms with E-state index in [1.165, 1.54) is 16.8 Å². The fourth-order valence-electron chi connectivity index (χ4n) is 1.23. The van der Waals surface area contributed by atoms with Crippen LogP contribution in [0.15, 0.2) is 34.2 Å². The maximum absolute atomic E-state index is 10.9. The van der Waals surface area contributed by atoms with Crippen molar-refractivity contribution in [3.63, 3.8) is 0 Å². The number of rotatable bonds is 2. The molecule has 0 aliphatic heterocycles. The van der Waals surface area contributed by atoms with E-state index in [1.54, 1.807) is 0 Å². The average Bonchev–Trinajstić information content (AvgIpc) is 2.67. The first-order chi connectivity index (χ1) is 7.20. The van der Waals surface area contributed by atoms with Crippen molar-refractivity contribution in [2.24, 2.45) is 0 Å². The van der Waals surface area contributed by atoms with Gasteiger partial charge in [0.1, 0.15) is 0 Å². The monoisotopic (exact) mass is 283 g/mol. The van der Waals surface area contributed by atoms with Crippen LogP contribution in [-0.4, -0.2) is 16.1 Å². The average molecular weight is 284 g/mol. The molecule has 1 aromatic heterocycles. The number of carbonyl (C=O) groups is 1. The quantitative estimate of drug-likeness (QED) is 0.920. The van der Waals surface area contributed by atoms with Gasteiger partial charge in [-0.25, -0.2) is 9.78 Å². The first-order valence-electron chi connectivity index (χ1n) is 4.12. The zero-order chi connectivity index (χ0) is 10.8. The van der Waals surface area contributed by atoms with E-state index in [0.717, 1.165) is 10.0 Å². The van der Waals surface area contributed by atoms with E-state index in [0.29, 0.717) is 4.88 Å². The normalized spacial score (nSPS) is 10.2. The molecule has 1 N–H and O–H groups in total. The second-order valence-corrected chi connectivity index (χ2v) is 4.52. The number of nitrogens with zero attached hydrogens (tertiary/aromatic N) is 1. The summed E-state index contributed by atoms with van der Waals surface area (Å²) in [5, 5.41) is 8.94. The Balaban J connectivity index is 2.59. The van der Waals surface area contributed by atoms with Crippen LogP contribution in [0.3, 0.4) is 0 Å². The molecule has 3 nitrogen and oxygen atoms in total. The van der Waals surface area contributed by atoms with Crippen molar-refractivity contribution in [1.29, 1.82) is 0 Å². The fraction of sp³-hybridized carbons (Fsp3) is 0. The molecular formula is C10H6BrNO2S. The first-order valence-corrected chi connectivity index (χ1v) is 5.79. The second-order valence-electron chi connectivity index (χ2n) is 2.82. The third-order valence-electron chi connectivity index (χ3n) is 1.89. The molecule has 0 radical (unpaired) electrons. The lowest BCUT2D eigenvalue weighted by Gasteiger charge is -2.01. The molecule has 15 heavy (non-hydrogen) atoms. The SMILES string of the molecule is O=C(O)c1ncsc1-c1ccccc1Br. The highest BCUT2D eigenvalue weighted by Crippen LogP contribution is 2.33. The summed E-state index contributed by atoms with van der Waals surface area (Å²) >= 11 is 4.71. The summed E-state index contributed by atoms with van der Waals surface area (Å²) in [6, 6.07) is 7.49. The molecule has 0 atom stereocenters. The molecular weight excluding hydrogens is 278 g/mol. The number of benzene rings is 1. The van der Waals surface area contributed by atoms with Crippen LogP contribution >= 0.6 is 27.3 Å². The zero-order valence-electron chi connectivity index (χ0n) is 7.48. The Morgan fingerprint density at radius 3 is 2.80 bits per heavy atom. The van der Waals surface area contributed by atoms with Gasteiger partial charge in [0, 0.05) is 10.0 Å². The Morgan fingerprint density at radius 1 is 1.40 bits per heavy atom. The van der Waals surface area contributed by atoms with Gasteiger partial charge in [0.25, 0.3) is 0 Å². The molecule has 1 heterocycles. The van der Waals surface area contributed by atoms with Gasteiger partial charge in [-0.05, 0) is 6.07 Å². The number of aromatic carboxylic acids is 1. The van der Waals surface area contributed by atoms with Crippen molar-refractivity contribution in [1.82, 2.24) is 4.98 Å². The summed E-state index contributed by atoms with van der Waals surface area (Å²) in [6.45, 7) is 0. The van der Waals surface area contributed by atoms with Crippen molar-refractivity contribution in [2.75, 3.05) is 0 Å². The molecule has 0 saturated carbocycles. The summed E-state index contributed by atoms with van der Waals surface area (Å²) in [5.74, 6) is -0.998. The summed E-state index contributed by atoms with van der Waals surface area (Å²) < 4.78 is 0.872. The van der Waals surface area contributed by atoms with Crippen molar-refractivity contribution in [3.8, 4) is 10.4 Å². The Bertz CT molecular complexity index is 510. The number of halogens is 1. The van der Waals surface area contributed by atoms with Crippen molar-refractivity contribution in [3.05, 3.63) is 39.9 Å². The third-order valence-corrected chi connectivity index (χ3v) is 3.44. The van der Waals surface area contributed by atoms with Gasteiger partial charge in [-0.2, -0.15) is 0 Å². The minimum Gasteiger partial charge on any atom is -0.476 e. The predicted octanol–water partition coefficient (Wildman–Crippen LogP) is 3.27. The van der Waals surface area contributed by atoms with Crippen LogP contribution in [0, 0.1) is 0 Å². The van der Waals surface area contributed by atoms with Crippen LogP contribution in [0.25, 0.3) is 10.4 Å². The molecule has 2 rings (SSSR count). The van der Waals surface area contributed by atoms with Gasteiger partial charge in [-0.1, -0.05) is 34.1 Å². The lowest BCUT2D eigenvalue weighted by atomic mass is 10.1. The summed E-state index contributed by atoms with van der Waals surface area (Å²) in [4.78, 5) is 15.4. The topological polar surface area (TPSA) is 50.2 Å². The molecule has 0 aliphatic carbocycles. The number of aromatic nitrogens is 1. The molecule has 5 heteroatoms. The van der Waals surface area contributed by atoms with E-state index in [2.05, 4.69) is 20.9 Å². The Labute approximate surface area is 98.5 Å². The van der Waals surface area contributed by atoms with Gasteiger partial charge in [0.15, 0.2) is 5.69 Å². The summed E-state index contributed by atoms with van der Waals surface area (Å²) in [6.07, 6.45) is 0. The molecule has 0 fully saturated rings. The standard InChI is InChI=1S/C10H6BrNO2S/c11-7-4-2-1-3-6(7)9-8(10(13)14)12-5-15-9/h1-5H,(H,13,14). The Morgan fingerprint density at radius 2 is 2.13 bits per heavy atom. The number of hydrogen-bond donors (Lipinski definition) is 1. The molecule has 0 spiro atoms. The highest BCUT2D eigenvalue weighted by molar-refractivity contribution is 9.10. The van der Waals surface area contributed by atoms with E-state index in [9.17, 15) is 4.79 Å². The van der Waals surface area contributed by atoms with Crippen molar-refractivity contribution in [2.45, 2.75) is 0 Å². The van der Waals surface area contributed by atoms with Gasteiger partial charge in [0.05, 0.1) is 10.4 Å². The van der Waals surface area contributed by atoms with Gasteiger partial charge >= 0.3 is 5.97 Å². The number of carboxylic acids is 1. The Kier molecular flexibility index (Phi) is 2.83. The largest absolute Gasteiger partial charge is 0.476 e. The maximum Gasteiger partial charge on any atom is 0.356 e. The number of thiazole rings is 1. The van der Waals surface area contributed by atoms with E-state index < -0.39 is 5.97 Å². The van der Waals surface area contributed by atoms with E-state index in [1.807, 2.05) is 24.3 Å². The first kappa shape index (κ1) is 10.3. The summed E-state index contributed by atoms with van der Waals surface area (Å²) in [7, 11) is 0. The lowest BCUT2D eigenvalue weighted by molar-refractivity contribution is 0.0692. The van der Waals surface area contributed by atoms with Gasteiger partial charge in [-0.15, -0.1) is 11.3 Å². The van der Waals surface area contributed by atoms with Crippen molar-refractivity contribution < 1.29 is 9.90 Å². The predicted molar refractivity (Wildman–Crippen MR) is 62.2 cm³/mol. The number of hydrogen-bond acceptors (Lipinski definition) is 3. The molecule has 2 aromatic rings. The smallest absolute Gasteiger partial charge is 0.356 e. The van der Waals surface area contributed by atoms with E-state index >= 15 is 0 Å². The molecule has 1 aromatic carbocycles. The highest BCUT2D eigenvalue weighted by atomic mass is 79.9. The summed E-state index contributed by atoms with van der Waals surface area (Å²) in [5.41, 5.74) is 2.50. The molecule has 0 amide bonds. The molecule has 0 unspecified atom stereocenters. The molecule has 0 saturated heterocycles. The zero-order valence-corrected chi connectivity index (χ0v) is 9.88. The fourth-order valence-corrected chi connectivity index (χ4v) is 2.67. The van der Waals surface area contributed by atoms with Crippen LogP contribution < -0.4 is 0 Å². The van der Waals surface area contributed by atoms with E-state index in [4.69, 9.17) is 5.11 Å². The molecule has 0 aliphatic rings. The van der Waals surface area contributed by atoms with Gasteiger partial charge < -0.3 is 5.11 Å². The Hall–Kier alpha value is -1.20. The maximum atomic E-state index is 10.9. The van der Waals surface area contributed by atoms with Gasteiger partial charge in [-0.3, -0.25) is 0 Å². The second kappa shape index (κ2) is 4.12. The van der Waals surface area contributed by atoms with Gasteiger partial charge in [0.2, 0.25) is 0 Å². The van der Waals surface area contributed by atoms with Crippen LogP contribution in [0.1, 0.15) is 10.5 Å². The third kappa shape index (κ3) is 1.93.